The third-order valence-corrected chi connectivity index (χ3v) is 7.29. The van der Waals surface area contributed by atoms with E-state index < -0.39 is 0 Å². The molecule has 0 saturated heterocycles. The Hall–Kier alpha value is -2.23. The average molecular weight is 433 g/mol. The lowest BCUT2D eigenvalue weighted by Crippen LogP contribution is -2.31. The molecular weight excluding hydrogens is 400 g/mol. The van der Waals surface area contributed by atoms with Gasteiger partial charge in [-0.3, -0.25) is 0 Å². The van der Waals surface area contributed by atoms with Gasteiger partial charge in [-0.25, -0.2) is 0 Å². The molecule has 31 heavy (non-hydrogen) atoms. The van der Waals surface area contributed by atoms with Gasteiger partial charge in [-0.1, -0.05) is 74.5 Å². The van der Waals surface area contributed by atoms with Gasteiger partial charge in [0, 0.05) is 10.8 Å². The molecule has 3 heteroatoms. The zero-order chi connectivity index (χ0) is 21.5. The van der Waals surface area contributed by atoms with Crippen molar-refractivity contribution in [2.75, 3.05) is 12.4 Å². The highest BCUT2D eigenvalue weighted by Crippen LogP contribution is 2.40. The van der Waals surface area contributed by atoms with Crippen molar-refractivity contribution in [3.05, 3.63) is 95.6 Å². The van der Waals surface area contributed by atoms with E-state index in [1.54, 1.807) is 0 Å². The van der Waals surface area contributed by atoms with Crippen molar-refractivity contribution < 1.29 is 9.47 Å². The molecule has 3 unspecified atom stereocenters. The molecule has 3 aromatic rings. The van der Waals surface area contributed by atoms with Gasteiger partial charge in [0.05, 0.1) is 6.61 Å². The number of hydrogen-bond acceptors (Lipinski definition) is 3. The summed E-state index contributed by atoms with van der Waals surface area (Å²) in [7, 11) is 0. The van der Waals surface area contributed by atoms with Crippen molar-refractivity contribution in [2.45, 2.75) is 56.1 Å². The molecule has 4 rings (SSSR count). The standard InChI is InChI=1S/C28H32O2S/c1-3-21(2)23-13-15-24(16-14-23)30-28(29-19-17-22-9-5-4-6-10-22)26-18-20-31-27-12-8-7-11-25(26)27/h4-16,21,26,28H,3,17-20H2,1-2H3. The zero-order valence-electron chi connectivity index (χ0n) is 18.5. The molecule has 3 aromatic carbocycles. The number of ether oxygens (including phenoxy) is 2. The molecule has 3 atom stereocenters. The molecule has 1 aliphatic heterocycles. The van der Waals surface area contributed by atoms with Crippen LogP contribution < -0.4 is 4.74 Å². The fraction of sp³-hybridized carbons (Fsp3) is 0.357. The largest absolute Gasteiger partial charge is 0.464 e. The fourth-order valence-corrected chi connectivity index (χ4v) is 5.22. The lowest BCUT2D eigenvalue weighted by Gasteiger charge is -2.32. The van der Waals surface area contributed by atoms with Crippen LogP contribution in [0.15, 0.2) is 83.8 Å². The van der Waals surface area contributed by atoms with Gasteiger partial charge in [-0.2, -0.15) is 0 Å². The quantitative estimate of drug-likeness (QED) is 0.327. The maximum Gasteiger partial charge on any atom is 0.206 e. The normalized spacial score (nSPS) is 17.5. The van der Waals surface area contributed by atoms with Crippen molar-refractivity contribution in [1.29, 1.82) is 0 Å². The van der Waals surface area contributed by atoms with E-state index >= 15 is 0 Å². The molecule has 1 aliphatic rings. The highest BCUT2D eigenvalue weighted by molar-refractivity contribution is 7.99. The molecule has 1 heterocycles. The number of rotatable bonds is 9. The number of hydrogen-bond donors (Lipinski definition) is 0. The molecule has 0 spiro atoms. The van der Waals surface area contributed by atoms with Gasteiger partial charge in [0.15, 0.2) is 0 Å². The summed E-state index contributed by atoms with van der Waals surface area (Å²) in [4.78, 5) is 1.35. The van der Waals surface area contributed by atoms with E-state index in [2.05, 4.69) is 92.7 Å². The van der Waals surface area contributed by atoms with Crippen LogP contribution in [0.3, 0.4) is 0 Å². The van der Waals surface area contributed by atoms with Crippen molar-refractivity contribution in [3.8, 4) is 5.75 Å². The van der Waals surface area contributed by atoms with Crippen LogP contribution in [0.25, 0.3) is 0 Å². The SMILES string of the molecule is CCC(C)c1ccc(OC(OCCc2ccccc2)C2CCSc3ccccc32)cc1. The molecule has 0 radical (unpaired) electrons. The minimum absolute atomic E-state index is 0.238. The zero-order valence-corrected chi connectivity index (χ0v) is 19.3. The lowest BCUT2D eigenvalue weighted by atomic mass is 9.95. The van der Waals surface area contributed by atoms with Gasteiger partial charge < -0.3 is 9.47 Å². The predicted octanol–water partition coefficient (Wildman–Crippen LogP) is 7.44. The third kappa shape index (κ3) is 5.72. The summed E-state index contributed by atoms with van der Waals surface area (Å²) >= 11 is 1.93. The Morgan fingerprint density at radius 3 is 2.45 bits per heavy atom. The summed E-state index contributed by atoms with van der Waals surface area (Å²) in [5.74, 6) is 2.78. The molecule has 0 fully saturated rings. The van der Waals surface area contributed by atoms with E-state index in [0.29, 0.717) is 12.5 Å². The van der Waals surface area contributed by atoms with E-state index in [1.807, 2.05) is 11.8 Å². The van der Waals surface area contributed by atoms with Crippen LogP contribution in [-0.4, -0.2) is 18.6 Å². The molecule has 0 amide bonds. The first-order valence-corrected chi connectivity index (χ1v) is 12.4. The summed E-state index contributed by atoms with van der Waals surface area (Å²) in [5.41, 5.74) is 3.99. The first-order chi connectivity index (χ1) is 15.2. The highest BCUT2D eigenvalue weighted by Gasteiger charge is 2.30. The van der Waals surface area contributed by atoms with Gasteiger partial charge in [-0.15, -0.1) is 11.8 Å². The second kappa shape index (κ2) is 10.9. The summed E-state index contributed by atoms with van der Waals surface area (Å²) < 4.78 is 12.9. The summed E-state index contributed by atoms with van der Waals surface area (Å²) in [6.45, 7) is 5.14. The first-order valence-electron chi connectivity index (χ1n) is 11.4. The Balaban J connectivity index is 1.51. The Labute approximate surface area is 191 Å². The van der Waals surface area contributed by atoms with Crippen LogP contribution in [0, 0.1) is 0 Å². The van der Waals surface area contributed by atoms with Crippen molar-refractivity contribution in [2.24, 2.45) is 0 Å². The highest BCUT2D eigenvalue weighted by atomic mass is 32.2. The van der Waals surface area contributed by atoms with Crippen molar-refractivity contribution in [3.63, 3.8) is 0 Å². The summed E-state index contributed by atoms with van der Waals surface area (Å²) in [6, 6.07) is 27.8. The maximum atomic E-state index is 6.49. The van der Waals surface area contributed by atoms with Crippen molar-refractivity contribution in [1.82, 2.24) is 0 Å². The van der Waals surface area contributed by atoms with E-state index in [4.69, 9.17) is 9.47 Å². The smallest absolute Gasteiger partial charge is 0.206 e. The Morgan fingerprint density at radius 1 is 0.935 bits per heavy atom. The Kier molecular flexibility index (Phi) is 7.71. The van der Waals surface area contributed by atoms with E-state index in [-0.39, 0.29) is 12.2 Å². The van der Waals surface area contributed by atoms with Crippen LogP contribution in [0.4, 0.5) is 0 Å². The van der Waals surface area contributed by atoms with Crippen LogP contribution in [0.1, 0.15) is 55.2 Å². The topological polar surface area (TPSA) is 18.5 Å². The van der Waals surface area contributed by atoms with Crippen LogP contribution >= 0.6 is 11.8 Å². The minimum atomic E-state index is -0.291. The van der Waals surface area contributed by atoms with Crippen LogP contribution in [0.5, 0.6) is 5.75 Å². The second-order valence-corrected chi connectivity index (χ2v) is 9.39. The third-order valence-electron chi connectivity index (χ3n) is 6.16. The van der Waals surface area contributed by atoms with Gasteiger partial charge in [0.1, 0.15) is 5.75 Å². The minimum Gasteiger partial charge on any atom is -0.464 e. The molecule has 0 aliphatic carbocycles. The molecule has 0 N–H and O–H groups in total. The van der Waals surface area contributed by atoms with E-state index in [9.17, 15) is 0 Å². The first kappa shape index (κ1) is 22.0. The summed E-state index contributed by atoms with van der Waals surface area (Å²) in [6.07, 6.45) is 2.79. The number of thioether (sulfide) groups is 1. The molecule has 2 nitrogen and oxygen atoms in total. The molecular formula is C28H32O2S. The Morgan fingerprint density at radius 2 is 1.68 bits per heavy atom. The second-order valence-electron chi connectivity index (χ2n) is 8.25. The van der Waals surface area contributed by atoms with E-state index in [1.165, 1.54) is 21.6 Å². The van der Waals surface area contributed by atoms with Gasteiger partial charge in [-0.05, 0) is 65.8 Å². The molecule has 0 saturated carbocycles. The maximum absolute atomic E-state index is 6.49. The number of benzene rings is 3. The predicted molar refractivity (Wildman–Crippen MR) is 130 cm³/mol. The Bertz CT molecular complexity index is 939. The molecule has 162 valence electrons. The number of fused-ring (bicyclic) bond motifs is 1. The molecule has 0 aromatic heterocycles. The van der Waals surface area contributed by atoms with E-state index in [0.717, 1.165) is 30.8 Å². The van der Waals surface area contributed by atoms with Crippen LogP contribution in [0.2, 0.25) is 0 Å². The fourth-order valence-electron chi connectivity index (χ4n) is 4.07. The average Bonchev–Trinajstić information content (AvgIpc) is 2.83. The van der Waals surface area contributed by atoms with Crippen LogP contribution in [-0.2, 0) is 11.2 Å². The molecule has 0 bridgehead atoms. The van der Waals surface area contributed by atoms with Gasteiger partial charge in [0.2, 0.25) is 6.29 Å². The van der Waals surface area contributed by atoms with Gasteiger partial charge >= 0.3 is 0 Å². The monoisotopic (exact) mass is 432 g/mol. The lowest BCUT2D eigenvalue weighted by molar-refractivity contribution is -0.0968. The van der Waals surface area contributed by atoms with Gasteiger partial charge in [0.25, 0.3) is 0 Å². The van der Waals surface area contributed by atoms with Crippen molar-refractivity contribution >= 4 is 11.8 Å². The summed E-state index contributed by atoms with van der Waals surface area (Å²) in [5, 5.41) is 0.